The first-order valence-corrected chi connectivity index (χ1v) is 8.05. The topological polar surface area (TPSA) is 39.4 Å². The molecule has 5 heteroatoms. The summed E-state index contributed by atoms with van der Waals surface area (Å²) in [6, 6.07) is 6.95. The van der Waals surface area contributed by atoms with E-state index in [4.69, 9.17) is 9.15 Å². The predicted octanol–water partition coefficient (Wildman–Crippen LogP) is 4.83. The third kappa shape index (κ3) is 3.14. The van der Waals surface area contributed by atoms with Crippen molar-refractivity contribution in [3.63, 3.8) is 0 Å². The zero-order valence-electron chi connectivity index (χ0n) is 14.3. The van der Waals surface area contributed by atoms with Crippen molar-refractivity contribution in [1.29, 1.82) is 0 Å². The Balaban J connectivity index is 1.98. The van der Waals surface area contributed by atoms with E-state index < -0.39 is 11.6 Å². The Morgan fingerprint density at radius 2 is 1.84 bits per heavy atom. The van der Waals surface area contributed by atoms with E-state index in [2.05, 4.69) is 0 Å². The fraction of sp³-hybridized carbons (Fsp3) is 0.250. The van der Waals surface area contributed by atoms with Crippen LogP contribution >= 0.6 is 0 Å². The number of aryl methyl sites for hydroxylation is 2. The number of halogens is 2. The molecule has 3 rings (SSSR count). The monoisotopic (exact) mass is 344 g/mol. The van der Waals surface area contributed by atoms with Gasteiger partial charge in [-0.15, -0.1) is 0 Å². The minimum absolute atomic E-state index is 0.0469. The van der Waals surface area contributed by atoms with Crippen LogP contribution in [0.4, 0.5) is 8.78 Å². The van der Waals surface area contributed by atoms with Crippen LogP contribution in [0.2, 0.25) is 0 Å². The highest BCUT2D eigenvalue weighted by Gasteiger charge is 2.14. The van der Waals surface area contributed by atoms with Crippen LogP contribution < -0.4 is 10.4 Å². The minimum Gasteiger partial charge on any atom is -0.488 e. The predicted molar refractivity (Wildman–Crippen MR) is 92.0 cm³/mol. The van der Waals surface area contributed by atoms with Crippen molar-refractivity contribution in [3.05, 3.63) is 74.6 Å². The molecule has 0 saturated heterocycles. The molecule has 0 aliphatic carbocycles. The number of ether oxygens (including phenoxy) is 1. The minimum atomic E-state index is -0.659. The van der Waals surface area contributed by atoms with Gasteiger partial charge >= 0.3 is 5.63 Å². The summed E-state index contributed by atoms with van der Waals surface area (Å²) in [6.45, 7) is 5.54. The van der Waals surface area contributed by atoms with E-state index in [-0.39, 0.29) is 17.8 Å². The van der Waals surface area contributed by atoms with Gasteiger partial charge in [-0.05, 0) is 50.1 Å². The maximum absolute atomic E-state index is 13.7. The molecule has 0 atom stereocenters. The van der Waals surface area contributed by atoms with Gasteiger partial charge in [-0.25, -0.2) is 13.6 Å². The molecule has 0 saturated carbocycles. The van der Waals surface area contributed by atoms with Crippen molar-refractivity contribution in [2.24, 2.45) is 0 Å². The van der Waals surface area contributed by atoms with E-state index in [1.165, 1.54) is 12.1 Å². The van der Waals surface area contributed by atoms with Gasteiger partial charge < -0.3 is 9.15 Å². The van der Waals surface area contributed by atoms with Gasteiger partial charge in [0.1, 0.15) is 29.6 Å². The highest BCUT2D eigenvalue weighted by atomic mass is 19.1. The standard InChI is InChI=1S/C20H18F2O3/c1-4-15-11(2)16-7-8-18(12(3)19(16)25-20(15)23)24-10-13-5-6-14(21)9-17(13)22/h5-9H,4,10H2,1-3H3. The van der Waals surface area contributed by atoms with Crippen molar-refractivity contribution >= 4 is 11.0 Å². The first-order chi connectivity index (χ1) is 11.9. The van der Waals surface area contributed by atoms with Crippen LogP contribution in [0.15, 0.2) is 39.5 Å². The summed E-state index contributed by atoms with van der Waals surface area (Å²) in [5.41, 5.74) is 2.60. The number of hydrogen-bond acceptors (Lipinski definition) is 3. The molecule has 1 aromatic heterocycles. The summed E-state index contributed by atoms with van der Waals surface area (Å²) in [6.07, 6.45) is 0.602. The Labute approximate surface area is 143 Å². The second-order valence-corrected chi connectivity index (χ2v) is 5.94. The van der Waals surface area contributed by atoms with Crippen LogP contribution in [0.5, 0.6) is 5.75 Å². The van der Waals surface area contributed by atoms with Crippen LogP contribution in [-0.2, 0) is 13.0 Å². The summed E-state index contributed by atoms with van der Waals surface area (Å²) in [5, 5.41) is 0.856. The lowest BCUT2D eigenvalue weighted by Crippen LogP contribution is -2.10. The van der Waals surface area contributed by atoms with Gasteiger partial charge in [0.25, 0.3) is 0 Å². The molecule has 0 unspecified atom stereocenters. The van der Waals surface area contributed by atoms with Crippen LogP contribution in [-0.4, -0.2) is 0 Å². The van der Waals surface area contributed by atoms with Crippen molar-refractivity contribution in [2.75, 3.05) is 0 Å². The first kappa shape index (κ1) is 17.1. The zero-order valence-corrected chi connectivity index (χ0v) is 14.3. The van der Waals surface area contributed by atoms with Crippen LogP contribution in [0.3, 0.4) is 0 Å². The van der Waals surface area contributed by atoms with E-state index in [0.717, 1.165) is 17.0 Å². The third-order valence-corrected chi connectivity index (χ3v) is 4.41. The molecule has 0 spiro atoms. The summed E-state index contributed by atoms with van der Waals surface area (Å²) in [5.74, 6) is -0.802. The summed E-state index contributed by atoms with van der Waals surface area (Å²) in [4.78, 5) is 12.1. The molecule has 3 nitrogen and oxygen atoms in total. The maximum Gasteiger partial charge on any atom is 0.339 e. The lowest BCUT2D eigenvalue weighted by Gasteiger charge is -2.13. The second-order valence-electron chi connectivity index (χ2n) is 5.94. The van der Waals surface area contributed by atoms with Gasteiger partial charge in [-0.3, -0.25) is 0 Å². The molecular weight excluding hydrogens is 326 g/mol. The Hall–Kier alpha value is -2.69. The Morgan fingerprint density at radius 1 is 1.08 bits per heavy atom. The van der Waals surface area contributed by atoms with E-state index >= 15 is 0 Å². The lowest BCUT2D eigenvalue weighted by atomic mass is 10.0. The molecule has 0 radical (unpaired) electrons. The van der Waals surface area contributed by atoms with Crippen molar-refractivity contribution in [3.8, 4) is 5.75 Å². The van der Waals surface area contributed by atoms with Gasteiger partial charge in [0, 0.05) is 28.1 Å². The quantitative estimate of drug-likeness (QED) is 0.637. The van der Waals surface area contributed by atoms with Gasteiger partial charge in [-0.1, -0.05) is 6.92 Å². The van der Waals surface area contributed by atoms with Crippen LogP contribution in [0.1, 0.15) is 29.2 Å². The molecule has 0 N–H and O–H groups in total. The van der Waals surface area contributed by atoms with E-state index in [0.29, 0.717) is 28.9 Å². The lowest BCUT2D eigenvalue weighted by molar-refractivity contribution is 0.297. The molecule has 25 heavy (non-hydrogen) atoms. The highest BCUT2D eigenvalue weighted by molar-refractivity contribution is 5.85. The van der Waals surface area contributed by atoms with Crippen molar-refractivity contribution in [2.45, 2.75) is 33.8 Å². The number of hydrogen-bond donors (Lipinski definition) is 0. The maximum atomic E-state index is 13.7. The van der Waals surface area contributed by atoms with Crippen LogP contribution in [0, 0.1) is 25.5 Å². The fourth-order valence-corrected chi connectivity index (χ4v) is 2.93. The van der Waals surface area contributed by atoms with Crippen LogP contribution in [0.25, 0.3) is 11.0 Å². The van der Waals surface area contributed by atoms with E-state index in [1.54, 1.807) is 13.0 Å². The molecule has 0 aliphatic heterocycles. The highest BCUT2D eigenvalue weighted by Crippen LogP contribution is 2.30. The average molecular weight is 344 g/mol. The Morgan fingerprint density at radius 3 is 2.52 bits per heavy atom. The SMILES string of the molecule is CCc1c(C)c2ccc(OCc3ccc(F)cc3F)c(C)c2oc1=O. The summed E-state index contributed by atoms with van der Waals surface area (Å²) in [7, 11) is 0. The van der Waals surface area contributed by atoms with Gasteiger partial charge in [0.15, 0.2) is 0 Å². The largest absolute Gasteiger partial charge is 0.488 e. The Bertz CT molecular complexity index is 1010. The summed E-state index contributed by atoms with van der Waals surface area (Å²) >= 11 is 0. The molecule has 2 aromatic carbocycles. The Kier molecular flexibility index (Phi) is 4.57. The molecule has 0 aliphatic rings. The third-order valence-electron chi connectivity index (χ3n) is 4.41. The summed E-state index contributed by atoms with van der Waals surface area (Å²) < 4.78 is 37.8. The van der Waals surface area contributed by atoms with Gasteiger partial charge in [0.05, 0.1) is 0 Å². The number of benzene rings is 2. The van der Waals surface area contributed by atoms with E-state index in [9.17, 15) is 13.6 Å². The smallest absolute Gasteiger partial charge is 0.339 e. The number of rotatable bonds is 4. The molecule has 0 fully saturated rings. The normalized spacial score (nSPS) is 11.1. The molecule has 3 aromatic rings. The molecular formula is C20H18F2O3. The van der Waals surface area contributed by atoms with Crippen molar-refractivity contribution in [1.82, 2.24) is 0 Å². The molecule has 130 valence electrons. The first-order valence-electron chi connectivity index (χ1n) is 8.05. The number of fused-ring (bicyclic) bond motifs is 1. The van der Waals surface area contributed by atoms with Gasteiger partial charge in [0.2, 0.25) is 0 Å². The van der Waals surface area contributed by atoms with E-state index in [1.807, 2.05) is 19.9 Å². The zero-order chi connectivity index (χ0) is 18.1. The molecule has 0 amide bonds. The average Bonchev–Trinajstić information content (AvgIpc) is 2.56. The molecule has 1 heterocycles. The van der Waals surface area contributed by atoms with Gasteiger partial charge in [-0.2, -0.15) is 0 Å². The van der Waals surface area contributed by atoms with Crippen molar-refractivity contribution < 1.29 is 17.9 Å². The molecule has 0 bridgehead atoms. The fourth-order valence-electron chi connectivity index (χ4n) is 2.93. The second kappa shape index (κ2) is 6.67.